The molecule has 0 fully saturated rings. The average molecular weight is 439 g/mol. The van der Waals surface area contributed by atoms with Gasteiger partial charge in [-0.25, -0.2) is 9.48 Å². The second-order valence-electron chi connectivity index (χ2n) is 6.61. The van der Waals surface area contributed by atoms with Gasteiger partial charge in [-0.3, -0.25) is 14.4 Å². The van der Waals surface area contributed by atoms with Crippen molar-refractivity contribution >= 4 is 45.9 Å². The van der Waals surface area contributed by atoms with E-state index < -0.39 is 18.4 Å². The van der Waals surface area contributed by atoms with E-state index in [9.17, 15) is 19.2 Å². The molecule has 3 aromatic rings. The first-order chi connectivity index (χ1) is 14.8. The number of carbonyl (C=O) groups excluding carboxylic acids is 3. The summed E-state index contributed by atoms with van der Waals surface area (Å²) in [7, 11) is 0. The number of Topliss-reactive ketones (excluding diaryl/α,β-unsaturated/α-hetero) is 1. The lowest BCUT2D eigenvalue weighted by Crippen LogP contribution is -2.26. The Morgan fingerprint density at radius 3 is 2.48 bits per heavy atom. The van der Waals surface area contributed by atoms with Crippen LogP contribution in [0, 0.1) is 0 Å². The van der Waals surface area contributed by atoms with E-state index in [0.29, 0.717) is 22.0 Å². The van der Waals surface area contributed by atoms with Crippen LogP contribution in [-0.4, -0.2) is 40.3 Å². The van der Waals surface area contributed by atoms with Gasteiger partial charge in [-0.2, -0.15) is 5.10 Å². The minimum atomic E-state index is -0.797. The monoisotopic (exact) mass is 439 g/mol. The molecule has 0 unspecified atom stereocenters. The molecule has 0 aliphatic carbocycles. The molecule has 0 spiro atoms. The van der Waals surface area contributed by atoms with Crippen LogP contribution in [-0.2, 0) is 16.1 Å². The van der Waals surface area contributed by atoms with E-state index >= 15 is 0 Å². The summed E-state index contributed by atoms with van der Waals surface area (Å²) in [5.74, 6) is -1.48. The summed E-state index contributed by atoms with van der Waals surface area (Å²) in [6.07, 6.45) is 1.86. The largest absolute Gasteiger partial charge is 0.452 e. The highest BCUT2D eigenvalue weighted by Gasteiger charge is 2.19. The molecule has 0 saturated carbocycles. The number of benzene rings is 2. The fourth-order valence-electron chi connectivity index (χ4n) is 3.05. The number of hydrogen-bond donors (Lipinski definition) is 1. The van der Waals surface area contributed by atoms with Crippen LogP contribution in [0.25, 0.3) is 10.8 Å². The van der Waals surface area contributed by atoms with E-state index in [0.717, 1.165) is 4.90 Å². The Morgan fingerprint density at radius 1 is 1.13 bits per heavy atom. The van der Waals surface area contributed by atoms with Crippen molar-refractivity contribution in [2.24, 2.45) is 0 Å². The molecule has 1 amide bonds. The lowest BCUT2D eigenvalue weighted by molar-refractivity contribution is -0.114. The first kappa shape index (κ1) is 22.2. The van der Waals surface area contributed by atoms with E-state index in [2.05, 4.69) is 10.4 Å². The van der Waals surface area contributed by atoms with Gasteiger partial charge >= 0.3 is 5.97 Å². The fourth-order valence-corrected chi connectivity index (χ4v) is 3.59. The summed E-state index contributed by atoms with van der Waals surface area (Å²) in [4.78, 5) is 49.9. The van der Waals surface area contributed by atoms with Gasteiger partial charge in [-0.15, -0.1) is 11.8 Å². The van der Waals surface area contributed by atoms with Gasteiger partial charge in [0, 0.05) is 29.3 Å². The maximum absolute atomic E-state index is 12.7. The zero-order chi connectivity index (χ0) is 22.5. The van der Waals surface area contributed by atoms with Crippen molar-refractivity contribution in [1.29, 1.82) is 0 Å². The third-order valence-corrected chi connectivity index (χ3v) is 5.32. The Morgan fingerprint density at radius 2 is 1.84 bits per heavy atom. The summed E-state index contributed by atoms with van der Waals surface area (Å²) >= 11 is 1.43. The number of ether oxygens (including phenoxy) is 1. The molecule has 0 radical (unpaired) electrons. The maximum Gasteiger partial charge on any atom is 0.359 e. The molecule has 1 aromatic heterocycles. The first-order valence-corrected chi connectivity index (χ1v) is 10.7. The highest BCUT2D eigenvalue weighted by atomic mass is 32.2. The van der Waals surface area contributed by atoms with Gasteiger partial charge in [0.25, 0.3) is 5.56 Å². The van der Waals surface area contributed by atoms with Crippen LogP contribution >= 0.6 is 11.8 Å². The van der Waals surface area contributed by atoms with Gasteiger partial charge in [0.1, 0.15) is 0 Å². The van der Waals surface area contributed by atoms with E-state index in [1.807, 2.05) is 6.26 Å². The Hall–Kier alpha value is -3.46. The molecule has 160 valence electrons. The Kier molecular flexibility index (Phi) is 6.86. The number of aryl methyl sites for hydroxylation is 1. The SMILES string of the molecule is CCn1nc(C(=O)OCC(=O)c2ccc(SC)c(NC(C)=O)c2)c2ccccc2c1=O. The van der Waals surface area contributed by atoms with Gasteiger partial charge in [0.2, 0.25) is 5.91 Å². The van der Waals surface area contributed by atoms with Crippen molar-refractivity contribution in [3.05, 3.63) is 64.1 Å². The number of anilines is 1. The summed E-state index contributed by atoms with van der Waals surface area (Å²) in [6, 6.07) is 11.5. The molecule has 1 N–H and O–H groups in total. The van der Waals surface area contributed by atoms with E-state index in [-0.39, 0.29) is 23.7 Å². The normalized spacial score (nSPS) is 10.7. The molecule has 1 heterocycles. The summed E-state index contributed by atoms with van der Waals surface area (Å²) < 4.78 is 6.39. The number of aromatic nitrogens is 2. The molecule has 0 atom stereocenters. The van der Waals surface area contributed by atoms with Crippen molar-refractivity contribution in [3.8, 4) is 0 Å². The second kappa shape index (κ2) is 9.57. The van der Waals surface area contributed by atoms with Crippen molar-refractivity contribution in [1.82, 2.24) is 9.78 Å². The zero-order valence-corrected chi connectivity index (χ0v) is 18.1. The number of nitrogens with one attached hydrogen (secondary N) is 1. The average Bonchev–Trinajstić information content (AvgIpc) is 2.77. The Balaban J connectivity index is 1.83. The molecule has 2 aromatic carbocycles. The predicted molar refractivity (Wildman–Crippen MR) is 119 cm³/mol. The quantitative estimate of drug-likeness (QED) is 0.342. The van der Waals surface area contributed by atoms with Crippen LogP contribution in [0.2, 0.25) is 0 Å². The molecule has 0 aliphatic heterocycles. The molecule has 8 nitrogen and oxygen atoms in total. The third-order valence-electron chi connectivity index (χ3n) is 4.53. The van der Waals surface area contributed by atoms with Crippen molar-refractivity contribution in [3.63, 3.8) is 0 Å². The highest BCUT2D eigenvalue weighted by molar-refractivity contribution is 7.98. The zero-order valence-electron chi connectivity index (χ0n) is 17.3. The van der Waals surface area contributed by atoms with Crippen molar-refractivity contribution in [2.75, 3.05) is 18.2 Å². The fraction of sp³-hybridized carbons (Fsp3) is 0.227. The van der Waals surface area contributed by atoms with Crippen LogP contribution in [0.4, 0.5) is 5.69 Å². The number of rotatable bonds is 7. The van der Waals surface area contributed by atoms with Crippen molar-refractivity contribution in [2.45, 2.75) is 25.3 Å². The van der Waals surface area contributed by atoms with Gasteiger partial charge in [-0.1, -0.05) is 24.3 Å². The third kappa shape index (κ3) is 4.83. The molecule has 3 rings (SSSR count). The summed E-state index contributed by atoms with van der Waals surface area (Å²) in [6.45, 7) is 2.91. The van der Waals surface area contributed by atoms with Gasteiger partial charge in [-0.05, 0) is 31.4 Å². The van der Waals surface area contributed by atoms with E-state index in [1.165, 1.54) is 23.4 Å². The number of amides is 1. The van der Waals surface area contributed by atoms with E-state index in [4.69, 9.17) is 4.74 Å². The van der Waals surface area contributed by atoms with Gasteiger partial charge in [0.15, 0.2) is 18.1 Å². The number of hydrogen-bond acceptors (Lipinski definition) is 7. The summed E-state index contributed by atoms with van der Waals surface area (Å²) in [5, 5.41) is 7.51. The van der Waals surface area contributed by atoms with Gasteiger partial charge < -0.3 is 10.1 Å². The lowest BCUT2D eigenvalue weighted by Gasteiger charge is -2.11. The number of esters is 1. The number of ketones is 1. The molecule has 0 aliphatic rings. The number of nitrogens with zero attached hydrogens (tertiary/aromatic N) is 2. The predicted octanol–water partition coefficient (Wildman–Crippen LogP) is 3.14. The van der Waals surface area contributed by atoms with Crippen LogP contribution in [0.15, 0.2) is 52.2 Å². The summed E-state index contributed by atoms with van der Waals surface area (Å²) in [5.41, 5.74) is 0.484. The van der Waals surface area contributed by atoms with Crippen LogP contribution in [0.1, 0.15) is 34.7 Å². The number of carbonyl (C=O) groups is 3. The highest BCUT2D eigenvalue weighted by Crippen LogP contribution is 2.26. The first-order valence-electron chi connectivity index (χ1n) is 9.51. The topological polar surface area (TPSA) is 107 Å². The molecular formula is C22H21N3O5S. The van der Waals surface area contributed by atoms with E-state index in [1.54, 1.807) is 49.4 Å². The standard InChI is InChI=1S/C22H21N3O5S/c1-4-25-21(28)16-8-6-5-7-15(16)20(24-25)22(29)30-12-18(27)14-9-10-19(31-3)17(11-14)23-13(2)26/h5-11H,4,12H2,1-3H3,(H,23,26). The minimum Gasteiger partial charge on any atom is -0.452 e. The lowest BCUT2D eigenvalue weighted by atomic mass is 10.1. The Bertz CT molecular complexity index is 1240. The second-order valence-corrected chi connectivity index (χ2v) is 7.46. The van der Waals surface area contributed by atoms with Crippen LogP contribution in [0.5, 0.6) is 0 Å². The maximum atomic E-state index is 12.7. The smallest absolute Gasteiger partial charge is 0.359 e. The molecular weight excluding hydrogens is 418 g/mol. The number of fused-ring (bicyclic) bond motifs is 1. The molecule has 31 heavy (non-hydrogen) atoms. The molecule has 0 saturated heterocycles. The molecule has 9 heteroatoms. The minimum absolute atomic E-state index is 0.0264. The van der Waals surface area contributed by atoms with Gasteiger partial charge in [0.05, 0.1) is 11.1 Å². The van der Waals surface area contributed by atoms with Crippen molar-refractivity contribution < 1.29 is 19.1 Å². The number of thioether (sulfide) groups is 1. The van der Waals surface area contributed by atoms with Crippen LogP contribution in [0.3, 0.4) is 0 Å². The Labute approximate surface area is 182 Å². The molecule has 0 bridgehead atoms. The van der Waals surface area contributed by atoms with Crippen LogP contribution < -0.4 is 10.9 Å².